The molecule has 1 aromatic rings. The van der Waals surface area contributed by atoms with Crippen LogP contribution in [-0.4, -0.2) is 24.3 Å². The highest BCUT2D eigenvalue weighted by atomic mass is 16.3. The van der Waals surface area contributed by atoms with Gasteiger partial charge in [0.1, 0.15) is 0 Å². The van der Waals surface area contributed by atoms with E-state index in [4.69, 9.17) is 0 Å². The molecular formula is C16H27NO. The second-order valence-corrected chi connectivity index (χ2v) is 6.17. The Morgan fingerprint density at radius 3 is 2.44 bits per heavy atom. The fraction of sp³-hybridized carbons (Fsp3) is 0.625. The van der Waals surface area contributed by atoms with Gasteiger partial charge in [0.25, 0.3) is 0 Å². The molecule has 0 heterocycles. The highest BCUT2D eigenvalue weighted by Crippen LogP contribution is 2.23. The summed E-state index contributed by atoms with van der Waals surface area (Å²) in [5.74, 6) is 0.448. The summed E-state index contributed by atoms with van der Waals surface area (Å²) in [6, 6.07) is 8.83. The van der Waals surface area contributed by atoms with Crippen LogP contribution in [0.2, 0.25) is 0 Å². The molecule has 2 N–H and O–H groups in total. The van der Waals surface area contributed by atoms with Gasteiger partial charge in [-0.2, -0.15) is 0 Å². The van der Waals surface area contributed by atoms with Crippen LogP contribution in [0.3, 0.4) is 0 Å². The predicted octanol–water partition coefficient (Wildman–Crippen LogP) is 2.88. The Morgan fingerprint density at radius 2 is 1.94 bits per heavy atom. The third kappa shape index (κ3) is 4.11. The number of rotatable bonds is 6. The SMILES string of the molecule is Cc1cccc(C(C)(C)CNC(CO)C(C)C)c1. The molecule has 2 nitrogen and oxygen atoms in total. The maximum absolute atomic E-state index is 9.35. The molecule has 0 amide bonds. The standard InChI is InChI=1S/C16H27NO/c1-12(2)15(10-18)17-11-16(4,5)14-8-6-7-13(3)9-14/h6-9,12,15,17-18H,10-11H2,1-5H3. The zero-order chi connectivity index (χ0) is 13.8. The van der Waals surface area contributed by atoms with Gasteiger partial charge in [0.15, 0.2) is 0 Å². The van der Waals surface area contributed by atoms with Crippen molar-refractivity contribution in [3.05, 3.63) is 35.4 Å². The monoisotopic (exact) mass is 249 g/mol. The van der Waals surface area contributed by atoms with E-state index in [0.29, 0.717) is 5.92 Å². The fourth-order valence-corrected chi connectivity index (χ4v) is 2.07. The molecule has 0 spiro atoms. The minimum Gasteiger partial charge on any atom is -0.395 e. The average molecular weight is 249 g/mol. The molecule has 0 saturated heterocycles. The zero-order valence-electron chi connectivity index (χ0n) is 12.3. The number of aliphatic hydroxyl groups is 1. The summed E-state index contributed by atoms with van der Waals surface area (Å²) in [6.07, 6.45) is 0. The number of aryl methyl sites for hydroxylation is 1. The van der Waals surface area contributed by atoms with Gasteiger partial charge in [0, 0.05) is 18.0 Å². The van der Waals surface area contributed by atoms with Crippen molar-refractivity contribution in [3.63, 3.8) is 0 Å². The predicted molar refractivity (Wildman–Crippen MR) is 77.9 cm³/mol. The molecule has 102 valence electrons. The molecule has 0 saturated carbocycles. The van der Waals surface area contributed by atoms with E-state index in [-0.39, 0.29) is 18.1 Å². The maximum atomic E-state index is 9.35. The Hall–Kier alpha value is -0.860. The van der Waals surface area contributed by atoms with E-state index in [9.17, 15) is 5.11 Å². The van der Waals surface area contributed by atoms with Crippen molar-refractivity contribution in [1.29, 1.82) is 0 Å². The number of aliphatic hydroxyl groups excluding tert-OH is 1. The van der Waals surface area contributed by atoms with Crippen LogP contribution >= 0.6 is 0 Å². The molecule has 1 aromatic carbocycles. The second-order valence-electron chi connectivity index (χ2n) is 6.17. The fourth-order valence-electron chi connectivity index (χ4n) is 2.07. The summed E-state index contributed by atoms with van der Waals surface area (Å²) >= 11 is 0. The Kier molecular flexibility index (Phi) is 5.36. The van der Waals surface area contributed by atoms with E-state index >= 15 is 0 Å². The topological polar surface area (TPSA) is 32.3 Å². The van der Waals surface area contributed by atoms with Crippen molar-refractivity contribution in [3.8, 4) is 0 Å². The van der Waals surface area contributed by atoms with Crippen molar-refractivity contribution in [1.82, 2.24) is 5.32 Å². The van der Waals surface area contributed by atoms with E-state index in [0.717, 1.165) is 6.54 Å². The Balaban J connectivity index is 2.70. The van der Waals surface area contributed by atoms with Crippen LogP contribution in [-0.2, 0) is 5.41 Å². The molecule has 1 rings (SSSR count). The van der Waals surface area contributed by atoms with Gasteiger partial charge >= 0.3 is 0 Å². The van der Waals surface area contributed by atoms with Crippen molar-refractivity contribution in [2.45, 2.75) is 46.1 Å². The van der Waals surface area contributed by atoms with Crippen LogP contribution in [0.5, 0.6) is 0 Å². The first-order valence-electron chi connectivity index (χ1n) is 6.78. The average Bonchev–Trinajstić information content (AvgIpc) is 2.29. The minimum absolute atomic E-state index is 0.0777. The lowest BCUT2D eigenvalue weighted by atomic mass is 9.83. The van der Waals surface area contributed by atoms with Gasteiger partial charge in [-0.05, 0) is 18.4 Å². The molecule has 1 atom stereocenters. The Bertz CT molecular complexity index is 371. The van der Waals surface area contributed by atoms with Crippen LogP contribution in [0.4, 0.5) is 0 Å². The number of nitrogens with one attached hydrogen (secondary N) is 1. The molecule has 0 aliphatic rings. The number of hydrogen-bond donors (Lipinski definition) is 2. The third-order valence-electron chi connectivity index (χ3n) is 3.61. The van der Waals surface area contributed by atoms with Crippen molar-refractivity contribution < 1.29 is 5.11 Å². The van der Waals surface area contributed by atoms with Gasteiger partial charge in [0.2, 0.25) is 0 Å². The molecule has 0 aliphatic carbocycles. The van der Waals surface area contributed by atoms with Gasteiger partial charge in [0.05, 0.1) is 6.61 Å². The summed E-state index contributed by atoms with van der Waals surface area (Å²) in [5, 5.41) is 12.8. The summed E-state index contributed by atoms with van der Waals surface area (Å²) in [5.41, 5.74) is 2.72. The van der Waals surface area contributed by atoms with Crippen LogP contribution in [0.15, 0.2) is 24.3 Å². The second kappa shape index (κ2) is 6.35. The first-order valence-corrected chi connectivity index (χ1v) is 6.78. The lowest BCUT2D eigenvalue weighted by Crippen LogP contribution is -2.43. The molecule has 0 aromatic heterocycles. The van der Waals surface area contributed by atoms with Crippen LogP contribution < -0.4 is 5.32 Å². The van der Waals surface area contributed by atoms with Gasteiger partial charge < -0.3 is 10.4 Å². The highest BCUT2D eigenvalue weighted by molar-refractivity contribution is 5.28. The zero-order valence-corrected chi connectivity index (χ0v) is 12.3. The molecule has 2 heteroatoms. The van der Waals surface area contributed by atoms with Gasteiger partial charge in [-0.25, -0.2) is 0 Å². The molecule has 0 fully saturated rings. The Morgan fingerprint density at radius 1 is 1.28 bits per heavy atom. The highest BCUT2D eigenvalue weighted by Gasteiger charge is 2.22. The van der Waals surface area contributed by atoms with E-state index in [1.54, 1.807) is 0 Å². The van der Waals surface area contributed by atoms with Gasteiger partial charge in [-0.3, -0.25) is 0 Å². The summed E-state index contributed by atoms with van der Waals surface area (Å²) in [6.45, 7) is 11.9. The summed E-state index contributed by atoms with van der Waals surface area (Å²) in [4.78, 5) is 0. The molecule has 18 heavy (non-hydrogen) atoms. The Labute approximate surface area is 111 Å². The van der Waals surface area contributed by atoms with Crippen LogP contribution in [0, 0.1) is 12.8 Å². The molecule has 1 unspecified atom stereocenters. The summed E-state index contributed by atoms with van der Waals surface area (Å²) < 4.78 is 0. The molecule has 0 aliphatic heterocycles. The number of benzene rings is 1. The lowest BCUT2D eigenvalue weighted by molar-refractivity contribution is 0.204. The van der Waals surface area contributed by atoms with Crippen molar-refractivity contribution >= 4 is 0 Å². The quantitative estimate of drug-likeness (QED) is 0.812. The van der Waals surface area contributed by atoms with Crippen molar-refractivity contribution in [2.75, 3.05) is 13.2 Å². The lowest BCUT2D eigenvalue weighted by Gasteiger charge is -2.30. The van der Waals surface area contributed by atoms with E-state index in [1.165, 1.54) is 11.1 Å². The third-order valence-corrected chi connectivity index (χ3v) is 3.61. The van der Waals surface area contributed by atoms with Crippen molar-refractivity contribution in [2.24, 2.45) is 5.92 Å². The maximum Gasteiger partial charge on any atom is 0.0587 e. The smallest absolute Gasteiger partial charge is 0.0587 e. The normalized spacial score (nSPS) is 13.9. The van der Waals surface area contributed by atoms with E-state index in [2.05, 4.69) is 64.2 Å². The summed E-state index contributed by atoms with van der Waals surface area (Å²) in [7, 11) is 0. The molecular weight excluding hydrogens is 222 g/mol. The first-order chi connectivity index (χ1) is 8.36. The first kappa shape index (κ1) is 15.2. The van der Waals surface area contributed by atoms with Gasteiger partial charge in [-0.1, -0.05) is 57.5 Å². The molecule has 0 bridgehead atoms. The van der Waals surface area contributed by atoms with Gasteiger partial charge in [-0.15, -0.1) is 0 Å². The minimum atomic E-state index is 0.0777. The number of hydrogen-bond acceptors (Lipinski definition) is 2. The largest absolute Gasteiger partial charge is 0.395 e. The van der Waals surface area contributed by atoms with E-state index < -0.39 is 0 Å². The van der Waals surface area contributed by atoms with E-state index in [1.807, 2.05) is 0 Å². The van der Waals surface area contributed by atoms with Crippen LogP contribution in [0.1, 0.15) is 38.8 Å². The van der Waals surface area contributed by atoms with Crippen LogP contribution in [0.25, 0.3) is 0 Å². The molecule has 0 radical (unpaired) electrons.